The molecule has 0 radical (unpaired) electrons. The zero-order valence-electron chi connectivity index (χ0n) is 30.2. The molecular formula is C42H32F2N2O10. The van der Waals surface area contributed by atoms with E-state index in [9.17, 15) is 48.8 Å². The van der Waals surface area contributed by atoms with Gasteiger partial charge in [0.1, 0.15) is 46.1 Å². The first-order valence-electron chi connectivity index (χ1n) is 16.7. The fraction of sp³-hybridized carbons (Fsp3) is 0.0952. The van der Waals surface area contributed by atoms with E-state index in [4.69, 9.17) is 9.47 Å². The summed E-state index contributed by atoms with van der Waals surface area (Å²) in [6, 6.07) is 23.9. The molecule has 0 saturated heterocycles. The summed E-state index contributed by atoms with van der Waals surface area (Å²) in [6.07, 6.45) is 0. The average molecular weight is 763 g/mol. The van der Waals surface area contributed by atoms with Crippen LogP contribution in [0.15, 0.2) is 109 Å². The van der Waals surface area contributed by atoms with Crippen molar-refractivity contribution in [2.45, 2.75) is 27.7 Å². The Bertz CT molecular complexity index is 2280. The number of nitrogens with zero attached hydrogens (tertiary/aromatic N) is 2. The molecule has 6 aromatic carbocycles. The molecule has 6 aromatic rings. The molecule has 0 saturated carbocycles. The molecule has 0 atom stereocenters. The van der Waals surface area contributed by atoms with Gasteiger partial charge >= 0.3 is 0 Å². The van der Waals surface area contributed by atoms with Gasteiger partial charge < -0.3 is 19.7 Å². The van der Waals surface area contributed by atoms with E-state index in [0.717, 1.165) is 24.3 Å². The number of phenolic OH excluding ortho intramolecular Hbond substituents is 2. The number of benzene rings is 6. The number of rotatable bonds is 10. The zero-order chi connectivity index (χ0) is 40.8. The van der Waals surface area contributed by atoms with Crippen molar-refractivity contribution in [2.75, 3.05) is 0 Å². The number of non-ortho nitro benzene ring substituents is 2. The number of halogens is 2. The van der Waals surface area contributed by atoms with Gasteiger partial charge in [-0.25, -0.2) is 8.78 Å². The SMILES string of the molecule is Cc1cc([N+](=O)[O-])cc(C)c1Oc1ccc(O)c(C(=O)c2ccc(F)cc2)c1.Cc1cc([N+](=O)[O-])cc(C)c1Oc1ccc(O)c(C(=O)c2ccc(F)cc2)c1. The second-order valence-electron chi connectivity index (χ2n) is 12.6. The minimum absolute atomic E-state index is 0.00123. The average Bonchev–Trinajstić information content (AvgIpc) is 3.16. The number of aryl methyl sites for hydroxylation is 4. The Labute approximate surface area is 318 Å². The number of hydrogen-bond acceptors (Lipinski definition) is 10. The normalized spacial score (nSPS) is 10.5. The summed E-state index contributed by atoms with van der Waals surface area (Å²) in [5.74, 6) is -0.971. The van der Waals surface area contributed by atoms with E-state index in [-0.39, 0.29) is 56.6 Å². The number of carbonyl (C=O) groups excluding carboxylic acids is 2. The number of ether oxygens (including phenoxy) is 2. The maximum Gasteiger partial charge on any atom is 0.270 e. The third-order valence-electron chi connectivity index (χ3n) is 8.39. The summed E-state index contributed by atoms with van der Waals surface area (Å²) >= 11 is 0. The number of hydrogen-bond donors (Lipinski definition) is 2. The van der Waals surface area contributed by atoms with E-state index in [0.29, 0.717) is 33.8 Å². The van der Waals surface area contributed by atoms with Crippen molar-refractivity contribution in [2.24, 2.45) is 0 Å². The monoisotopic (exact) mass is 762 g/mol. The van der Waals surface area contributed by atoms with Crippen LogP contribution in [0.25, 0.3) is 0 Å². The number of ketones is 2. The lowest BCUT2D eigenvalue weighted by Crippen LogP contribution is -2.02. The summed E-state index contributed by atoms with van der Waals surface area (Å²) in [4.78, 5) is 46.2. The van der Waals surface area contributed by atoms with Gasteiger partial charge in [-0.2, -0.15) is 0 Å². The molecule has 0 amide bonds. The first kappa shape index (κ1) is 39.7. The van der Waals surface area contributed by atoms with Crippen LogP contribution < -0.4 is 9.47 Å². The third kappa shape index (κ3) is 9.17. The van der Waals surface area contributed by atoms with Crippen LogP contribution >= 0.6 is 0 Å². The zero-order valence-corrected chi connectivity index (χ0v) is 30.2. The van der Waals surface area contributed by atoms with Crippen LogP contribution in [-0.4, -0.2) is 31.6 Å². The second kappa shape index (κ2) is 16.7. The predicted octanol–water partition coefficient (Wildman–Crippen LogP) is 10.2. The van der Waals surface area contributed by atoms with Crippen molar-refractivity contribution in [3.63, 3.8) is 0 Å². The first-order chi connectivity index (χ1) is 26.5. The van der Waals surface area contributed by atoms with Crippen molar-refractivity contribution >= 4 is 22.9 Å². The summed E-state index contributed by atoms with van der Waals surface area (Å²) in [6.45, 7) is 6.72. The lowest BCUT2D eigenvalue weighted by molar-refractivity contribution is -0.385. The van der Waals surface area contributed by atoms with Crippen LogP contribution in [0.4, 0.5) is 20.2 Å². The van der Waals surface area contributed by atoms with Crippen LogP contribution in [0.2, 0.25) is 0 Å². The fourth-order valence-electron chi connectivity index (χ4n) is 5.66. The number of aromatic hydroxyl groups is 2. The number of nitro groups is 2. The van der Waals surface area contributed by atoms with Crippen LogP contribution in [-0.2, 0) is 0 Å². The Balaban J connectivity index is 0.000000214. The molecule has 0 aromatic heterocycles. The van der Waals surface area contributed by atoms with E-state index in [1.54, 1.807) is 27.7 Å². The molecule has 56 heavy (non-hydrogen) atoms. The largest absolute Gasteiger partial charge is 0.507 e. The number of carbonyl (C=O) groups is 2. The maximum atomic E-state index is 13.1. The molecule has 0 heterocycles. The summed E-state index contributed by atoms with van der Waals surface area (Å²) in [5.41, 5.74) is 2.60. The highest BCUT2D eigenvalue weighted by Gasteiger charge is 2.20. The molecule has 12 nitrogen and oxygen atoms in total. The van der Waals surface area contributed by atoms with Crippen molar-refractivity contribution < 1.29 is 47.9 Å². The topological polar surface area (TPSA) is 179 Å². The Hall–Kier alpha value is -7.48. The smallest absolute Gasteiger partial charge is 0.270 e. The van der Waals surface area contributed by atoms with Gasteiger partial charge in [0.05, 0.1) is 21.0 Å². The molecule has 6 rings (SSSR count). The standard InChI is InChI=1S/2C21H16FNO5/c2*1-12-9-16(23(26)27)10-13(2)21(12)28-17-7-8-19(24)18(11-17)20(25)14-3-5-15(22)6-4-14/h2*3-11,24H,1-2H3. The number of phenols is 2. The van der Waals surface area contributed by atoms with Crippen molar-refractivity contribution in [3.8, 4) is 34.5 Å². The van der Waals surface area contributed by atoms with Gasteiger partial charge in [-0.05, 0) is 135 Å². The molecule has 0 spiro atoms. The Kier molecular flexibility index (Phi) is 11.8. The molecule has 0 aliphatic rings. The van der Waals surface area contributed by atoms with Gasteiger partial charge in [0.2, 0.25) is 0 Å². The lowest BCUT2D eigenvalue weighted by Gasteiger charge is -2.13. The van der Waals surface area contributed by atoms with Crippen LogP contribution in [0.1, 0.15) is 54.1 Å². The van der Waals surface area contributed by atoms with Gasteiger partial charge in [0.25, 0.3) is 11.4 Å². The van der Waals surface area contributed by atoms with Crippen molar-refractivity contribution in [3.05, 3.63) is 186 Å². The number of nitro benzene ring substituents is 2. The first-order valence-corrected chi connectivity index (χ1v) is 16.7. The Morgan fingerprint density at radius 3 is 1.11 bits per heavy atom. The van der Waals surface area contributed by atoms with Gasteiger partial charge in [-0.1, -0.05) is 0 Å². The van der Waals surface area contributed by atoms with Crippen molar-refractivity contribution in [1.29, 1.82) is 0 Å². The summed E-state index contributed by atoms with van der Waals surface area (Å²) in [5, 5.41) is 42.1. The van der Waals surface area contributed by atoms with E-state index < -0.39 is 33.0 Å². The summed E-state index contributed by atoms with van der Waals surface area (Å²) < 4.78 is 37.8. The summed E-state index contributed by atoms with van der Waals surface area (Å²) in [7, 11) is 0. The van der Waals surface area contributed by atoms with E-state index in [2.05, 4.69) is 0 Å². The molecule has 0 fully saturated rings. The Morgan fingerprint density at radius 2 is 0.821 bits per heavy atom. The highest BCUT2D eigenvalue weighted by atomic mass is 19.1. The maximum absolute atomic E-state index is 13.1. The molecule has 2 N–H and O–H groups in total. The highest BCUT2D eigenvalue weighted by Crippen LogP contribution is 2.36. The van der Waals surface area contributed by atoms with E-state index >= 15 is 0 Å². The molecule has 0 aliphatic heterocycles. The Morgan fingerprint density at radius 1 is 0.518 bits per heavy atom. The molecule has 0 bridgehead atoms. The predicted molar refractivity (Wildman–Crippen MR) is 201 cm³/mol. The van der Waals surface area contributed by atoms with E-state index in [1.807, 2.05) is 0 Å². The molecule has 0 unspecified atom stereocenters. The van der Waals surface area contributed by atoms with Gasteiger partial charge in [-0.3, -0.25) is 29.8 Å². The second-order valence-corrected chi connectivity index (χ2v) is 12.6. The molecular weight excluding hydrogens is 730 g/mol. The molecule has 0 aliphatic carbocycles. The lowest BCUT2D eigenvalue weighted by atomic mass is 10.0. The van der Waals surface area contributed by atoms with E-state index in [1.165, 1.54) is 84.9 Å². The highest BCUT2D eigenvalue weighted by molar-refractivity contribution is 6.11. The minimum atomic E-state index is -0.486. The van der Waals surface area contributed by atoms with Gasteiger partial charge in [-0.15, -0.1) is 0 Å². The van der Waals surface area contributed by atoms with Crippen LogP contribution in [0.3, 0.4) is 0 Å². The van der Waals surface area contributed by atoms with Gasteiger partial charge in [0.15, 0.2) is 11.6 Å². The third-order valence-corrected chi connectivity index (χ3v) is 8.39. The van der Waals surface area contributed by atoms with Gasteiger partial charge in [0, 0.05) is 35.4 Å². The quantitative estimate of drug-likeness (QED) is 0.0775. The fourth-order valence-corrected chi connectivity index (χ4v) is 5.66. The molecule has 14 heteroatoms. The van der Waals surface area contributed by atoms with Crippen LogP contribution in [0.5, 0.6) is 34.5 Å². The van der Waals surface area contributed by atoms with Crippen LogP contribution in [0, 0.1) is 59.6 Å². The molecule has 284 valence electrons. The minimum Gasteiger partial charge on any atom is -0.507 e. The van der Waals surface area contributed by atoms with Crippen molar-refractivity contribution in [1.82, 2.24) is 0 Å².